The molecule has 186 valence electrons. The Morgan fingerprint density at radius 2 is 1.80 bits per heavy atom. The maximum Gasteiger partial charge on any atom is 0.141 e. The summed E-state index contributed by atoms with van der Waals surface area (Å²) >= 11 is 0. The van der Waals surface area contributed by atoms with Gasteiger partial charge in [0.2, 0.25) is 0 Å². The molecule has 0 spiro atoms. The highest BCUT2D eigenvalue weighted by Gasteiger charge is 2.30. The molecule has 3 nitrogen and oxygen atoms in total. The zero-order valence-electron chi connectivity index (χ0n) is 20.7. The van der Waals surface area contributed by atoms with E-state index >= 15 is 0 Å². The van der Waals surface area contributed by atoms with Gasteiger partial charge in [0, 0.05) is 30.0 Å². The van der Waals surface area contributed by atoms with E-state index in [9.17, 15) is 9.50 Å². The lowest BCUT2D eigenvalue weighted by atomic mass is 9.80. The number of benzene rings is 2. The molecule has 0 saturated heterocycles. The molecule has 1 fully saturated rings. The fourth-order valence-corrected chi connectivity index (χ4v) is 6.20. The Bertz CT molecular complexity index is 1110. The second-order valence-corrected chi connectivity index (χ2v) is 10.5. The van der Waals surface area contributed by atoms with Gasteiger partial charge in [0.05, 0.1) is 12.4 Å². The average molecular weight is 476 g/mol. The normalized spacial score (nSPS) is 20.2. The van der Waals surface area contributed by atoms with Crippen LogP contribution >= 0.6 is 0 Å². The van der Waals surface area contributed by atoms with Crippen molar-refractivity contribution in [3.05, 3.63) is 77.8 Å². The van der Waals surface area contributed by atoms with Crippen molar-refractivity contribution in [3.8, 4) is 0 Å². The van der Waals surface area contributed by atoms with Gasteiger partial charge in [-0.2, -0.15) is 0 Å². The smallest absolute Gasteiger partial charge is 0.141 e. The lowest BCUT2D eigenvalue weighted by molar-refractivity contribution is 0.0648. The third kappa shape index (κ3) is 5.87. The summed E-state index contributed by atoms with van der Waals surface area (Å²) in [7, 11) is 0. The van der Waals surface area contributed by atoms with Crippen LogP contribution in [0, 0.1) is 11.7 Å². The molecule has 4 heteroatoms. The fraction of sp³-hybridized carbons (Fsp3) is 0.484. The van der Waals surface area contributed by atoms with Crippen LogP contribution in [0.15, 0.2) is 65.3 Å². The molecule has 2 unspecified atom stereocenters. The van der Waals surface area contributed by atoms with E-state index < -0.39 is 0 Å². The molecule has 1 aliphatic heterocycles. The lowest BCUT2D eigenvalue weighted by Gasteiger charge is -2.32. The molecule has 0 bridgehead atoms. The molecule has 2 aromatic carbocycles. The quantitative estimate of drug-likeness (QED) is 0.358. The number of rotatable bonds is 7. The average Bonchev–Trinajstić information content (AvgIpc) is 3.06. The van der Waals surface area contributed by atoms with Crippen molar-refractivity contribution in [1.82, 2.24) is 4.90 Å². The highest BCUT2D eigenvalue weighted by molar-refractivity contribution is 5.90. The van der Waals surface area contributed by atoms with Crippen LogP contribution in [0.3, 0.4) is 0 Å². The molecule has 2 atom stereocenters. The Labute approximate surface area is 208 Å². The van der Waals surface area contributed by atoms with Crippen LogP contribution in [0.4, 0.5) is 4.39 Å². The Morgan fingerprint density at radius 1 is 1.00 bits per heavy atom. The van der Waals surface area contributed by atoms with Crippen LogP contribution in [0.2, 0.25) is 0 Å². The highest BCUT2D eigenvalue weighted by Crippen LogP contribution is 2.35. The SMILES string of the molecule is OC(C1CCCCCC1)C(CCN1CCC=C(c2cc(F)cc3ccoc23)CC1)c1ccccc1. The molecule has 2 aliphatic rings. The first-order valence-electron chi connectivity index (χ1n) is 13.5. The molecule has 3 aromatic rings. The molecule has 5 rings (SSSR count). The van der Waals surface area contributed by atoms with E-state index in [4.69, 9.17) is 4.42 Å². The van der Waals surface area contributed by atoms with E-state index in [0.29, 0.717) is 5.92 Å². The molecular weight excluding hydrogens is 437 g/mol. The summed E-state index contributed by atoms with van der Waals surface area (Å²) in [5, 5.41) is 12.3. The van der Waals surface area contributed by atoms with Crippen LogP contribution in [0.25, 0.3) is 16.5 Å². The van der Waals surface area contributed by atoms with E-state index in [2.05, 4.69) is 41.3 Å². The topological polar surface area (TPSA) is 36.6 Å². The van der Waals surface area contributed by atoms with Crippen LogP contribution in [0.1, 0.15) is 74.8 Å². The summed E-state index contributed by atoms with van der Waals surface area (Å²) in [5.41, 5.74) is 4.10. The summed E-state index contributed by atoms with van der Waals surface area (Å²) < 4.78 is 19.9. The van der Waals surface area contributed by atoms with Crippen molar-refractivity contribution in [2.45, 2.75) is 69.8 Å². The monoisotopic (exact) mass is 475 g/mol. The van der Waals surface area contributed by atoms with E-state index in [1.807, 2.05) is 6.07 Å². The first-order valence-corrected chi connectivity index (χ1v) is 13.5. The standard InChI is InChI=1S/C31H38FNO2/c32-27-21-26-16-20-35-31(26)29(22-27)24-13-8-17-33(18-14-24)19-15-28(23-9-6-3-7-10-23)30(34)25-11-4-1-2-5-12-25/h3,6-7,9-10,13,16,20-22,25,28,30,34H,1-2,4-5,8,11-12,14-15,17-19H2. The van der Waals surface area contributed by atoms with Crippen LogP contribution in [-0.2, 0) is 0 Å². The van der Waals surface area contributed by atoms with Gasteiger partial charge in [-0.15, -0.1) is 0 Å². The molecule has 1 aromatic heterocycles. The zero-order valence-corrected chi connectivity index (χ0v) is 20.7. The fourth-order valence-electron chi connectivity index (χ4n) is 6.20. The summed E-state index contributed by atoms with van der Waals surface area (Å²) in [6.07, 6.45) is 13.8. The molecule has 2 heterocycles. The maximum atomic E-state index is 14.2. The van der Waals surface area contributed by atoms with E-state index in [1.54, 1.807) is 12.3 Å². The second kappa shape index (κ2) is 11.5. The zero-order chi connectivity index (χ0) is 24.0. The lowest BCUT2D eigenvalue weighted by Crippen LogP contribution is -2.32. The second-order valence-electron chi connectivity index (χ2n) is 10.5. The van der Waals surface area contributed by atoms with Gasteiger partial charge in [-0.05, 0) is 73.9 Å². The minimum atomic E-state index is -0.282. The Balaban J connectivity index is 1.25. The number of hydrogen-bond donors (Lipinski definition) is 1. The van der Waals surface area contributed by atoms with Gasteiger partial charge < -0.3 is 14.4 Å². The molecule has 35 heavy (non-hydrogen) atoms. The number of nitrogens with zero attached hydrogens (tertiary/aromatic N) is 1. The first-order chi connectivity index (χ1) is 17.2. The minimum absolute atomic E-state index is 0.168. The summed E-state index contributed by atoms with van der Waals surface area (Å²) in [5.74, 6) is 0.360. The molecule has 0 amide bonds. The third-order valence-corrected chi connectivity index (χ3v) is 8.17. The number of hydrogen-bond acceptors (Lipinski definition) is 3. The minimum Gasteiger partial charge on any atom is -0.464 e. The van der Waals surface area contributed by atoms with Crippen molar-refractivity contribution >= 4 is 16.5 Å². The van der Waals surface area contributed by atoms with Gasteiger partial charge in [-0.25, -0.2) is 4.39 Å². The van der Waals surface area contributed by atoms with Crippen molar-refractivity contribution in [2.75, 3.05) is 19.6 Å². The number of aliphatic hydroxyl groups excluding tert-OH is 1. The van der Waals surface area contributed by atoms with Gasteiger partial charge in [0.15, 0.2) is 0 Å². The Morgan fingerprint density at radius 3 is 2.60 bits per heavy atom. The summed E-state index contributed by atoms with van der Waals surface area (Å²) in [6, 6.07) is 15.6. The van der Waals surface area contributed by atoms with Crippen molar-refractivity contribution < 1.29 is 13.9 Å². The number of furan rings is 1. The van der Waals surface area contributed by atoms with E-state index in [1.165, 1.54) is 42.9 Å². The number of aliphatic hydroxyl groups is 1. The number of halogens is 1. The molecule has 1 N–H and O–H groups in total. The molecule has 1 saturated carbocycles. The molecular formula is C31H38FNO2. The Kier molecular flexibility index (Phi) is 8.00. The summed E-state index contributed by atoms with van der Waals surface area (Å²) in [4.78, 5) is 2.51. The highest BCUT2D eigenvalue weighted by atomic mass is 19.1. The van der Waals surface area contributed by atoms with Crippen molar-refractivity contribution in [3.63, 3.8) is 0 Å². The van der Waals surface area contributed by atoms with Gasteiger partial charge in [0.1, 0.15) is 11.4 Å². The predicted molar refractivity (Wildman–Crippen MR) is 141 cm³/mol. The van der Waals surface area contributed by atoms with E-state index in [-0.39, 0.29) is 17.8 Å². The van der Waals surface area contributed by atoms with Crippen LogP contribution < -0.4 is 0 Å². The summed E-state index contributed by atoms with van der Waals surface area (Å²) in [6.45, 7) is 2.89. The van der Waals surface area contributed by atoms with Gasteiger partial charge in [-0.1, -0.05) is 62.1 Å². The van der Waals surface area contributed by atoms with Crippen molar-refractivity contribution in [1.29, 1.82) is 0 Å². The maximum absolute atomic E-state index is 14.2. The van der Waals surface area contributed by atoms with Crippen molar-refractivity contribution in [2.24, 2.45) is 5.92 Å². The molecule has 1 aliphatic carbocycles. The van der Waals surface area contributed by atoms with Gasteiger partial charge in [-0.3, -0.25) is 0 Å². The largest absolute Gasteiger partial charge is 0.464 e. The predicted octanol–water partition coefficient (Wildman–Crippen LogP) is 7.56. The third-order valence-electron chi connectivity index (χ3n) is 8.17. The molecule has 0 radical (unpaired) electrons. The number of fused-ring (bicyclic) bond motifs is 1. The van der Waals surface area contributed by atoms with Crippen LogP contribution in [0.5, 0.6) is 0 Å². The first kappa shape index (κ1) is 24.3. The van der Waals surface area contributed by atoms with E-state index in [0.717, 1.165) is 68.3 Å². The van der Waals surface area contributed by atoms with Gasteiger partial charge >= 0.3 is 0 Å². The Hall–Kier alpha value is -2.43. The van der Waals surface area contributed by atoms with Crippen LogP contribution in [-0.4, -0.2) is 35.7 Å². The van der Waals surface area contributed by atoms with Gasteiger partial charge in [0.25, 0.3) is 0 Å².